The Balaban J connectivity index is 1.75. The minimum absolute atomic E-state index is 0.0788. The molecule has 138 valence electrons. The van der Waals surface area contributed by atoms with Gasteiger partial charge in [0.1, 0.15) is 0 Å². The van der Waals surface area contributed by atoms with Crippen LogP contribution in [0.4, 0.5) is 11.4 Å². The molecular formula is C18H26N2O5. The summed E-state index contributed by atoms with van der Waals surface area (Å²) >= 11 is 0. The van der Waals surface area contributed by atoms with Gasteiger partial charge in [0.25, 0.3) is 5.69 Å². The molecule has 7 heteroatoms. The van der Waals surface area contributed by atoms with Crippen LogP contribution in [0.3, 0.4) is 0 Å². The van der Waals surface area contributed by atoms with Gasteiger partial charge in [0, 0.05) is 62.0 Å². The van der Waals surface area contributed by atoms with Crippen LogP contribution in [0.5, 0.6) is 0 Å². The first-order chi connectivity index (χ1) is 12.0. The highest BCUT2D eigenvalue weighted by molar-refractivity contribution is 5.58. The zero-order valence-electron chi connectivity index (χ0n) is 14.8. The van der Waals surface area contributed by atoms with Gasteiger partial charge < -0.3 is 19.5 Å². The summed E-state index contributed by atoms with van der Waals surface area (Å²) in [5, 5.41) is 21.3. The molecule has 2 unspecified atom stereocenters. The second-order valence-corrected chi connectivity index (χ2v) is 6.92. The van der Waals surface area contributed by atoms with E-state index in [0.717, 1.165) is 43.6 Å². The van der Waals surface area contributed by atoms with E-state index in [1.54, 1.807) is 19.2 Å². The Labute approximate surface area is 147 Å². The van der Waals surface area contributed by atoms with Crippen molar-refractivity contribution in [1.29, 1.82) is 0 Å². The lowest BCUT2D eigenvalue weighted by molar-refractivity contribution is -0.384. The molecule has 1 saturated heterocycles. The normalized spacial score (nSPS) is 25.0. The van der Waals surface area contributed by atoms with Gasteiger partial charge in [-0.05, 0) is 25.8 Å². The topological polar surface area (TPSA) is 85.1 Å². The monoisotopic (exact) mass is 350 g/mol. The molecule has 0 aromatic heterocycles. The minimum atomic E-state index is -0.383. The summed E-state index contributed by atoms with van der Waals surface area (Å²) in [5.74, 6) is 0. The second-order valence-electron chi connectivity index (χ2n) is 6.92. The third-order valence-electron chi connectivity index (χ3n) is 5.72. The molecule has 0 radical (unpaired) electrons. The molecule has 1 aliphatic heterocycles. The number of piperidine rings is 1. The van der Waals surface area contributed by atoms with E-state index in [2.05, 4.69) is 4.90 Å². The van der Waals surface area contributed by atoms with Crippen LogP contribution in [0.2, 0.25) is 0 Å². The first kappa shape index (κ1) is 18.1. The molecule has 25 heavy (non-hydrogen) atoms. The Morgan fingerprint density at radius 1 is 1.40 bits per heavy atom. The molecule has 2 fully saturated rings. The van der Waals surface area contributed by atoms with Crippen molar-refractivity contribution >= 4 is 11.4 Å². The van der Waals surface area contributed by atoms with Gasteiger partial charge in [-0.3, -0.25) is 10.1 Å². The zero-order chi connectivity index (χ0) is 18.0. The number of anilines is 1. The molecular weight excluding hydrogens is 324 g/mol. The van der Waals surface area contributed by atoms with Crippen LogP contribution in [0, 0.1) is 15.5 Å². The molecule has 1 aliphatic carbocycles. The van der Waals surface area contributed by atoms with Crippen molar-refractivity contribution in [3.05, 3.63) is 33.9 Å². The van der Waals surface area contributed by atoms with Gasteiger partial charge in [-0.25, -0.2) is 0 Å². The molecule has 0 bridgehead atoms. The van der Waals surface area contributed by atoms with Gasteiger partial charge in [0.2, 0.25) is 0 Å². The van der Waals surface area contributed by atoms with Gasteiger partial charge in [-0.1, -0.05) is 0 Å². The van der Waals surface area contributed by atoms with E-state index < -0.39 is 0 Å². The third-order valence-corrected chi connectivity index (χ3v) is 5.72. The average molecular weight is 350 g/mol. The van der Waals surface area contributed by atoms with E-state index in [0.29, 0.717) is 13.2 Å². The number of nitro groups is 1. The summed E-state index contributed by atoms with van der Waals surface area (Å²) in [6, 6.07) is 4.94. The van der Waals surface area contributed by atoms with E-state index in [1.165, 1.54) is 0 Å². The Hall–Kier alpha value is -1.70. The number of methoxy groups -OCH3 is 1. The molecule has 1 N–H and O–H groups in total. The second kappa shape index (κ2) is 7.27. The fraction of sp³-hybridized carbons (Fsp3) is 0.667. The predicted octanol–water partition coefficient (Wildman–Crippen LogP) is 2.50. The quantitative estimate of drug-likeness (QED) is 0.627. The van der Waals surface area contributed by atoms with Gasteiger partial charge in [-0.15, -0.1) is 0 Å². The Bertz CT molecular complexity index is 626. The van der Waals surface area contributed by atoms with Crippen LogP contribution < -0.4 is 4.90 Å². The molecule has 3 rings (SSSR count). The average Bonchev–Trinajstić information content (AvgIpc) is 2.62. The van der Waals surface area contributed by atoms with Crippen LogP contribution in [0.25, 0.3) is 0 Å². The highest BCUT2D eigenvalue weighted by Crippen LogP contribution is 2.51. The number of aliphatic hydroxyl groups excluding tert-OH is 1. The lowest BCUT2D eigenvalue weighted by atomic mass is 9.58. The smallest absolute Gasteiger partial charge is 0.269 e. The Kier molecular flexibility index (Phi) is 5.27. The number of aliphatic hydroxyl groups is 1. The maximum atomic E-state index is 11.0. The van der Waals surface area contributed by atoms with E-state index in [-0.39, 0.29) is 28.2 Å². The lowest BCUT2D eigenvalue weighted by Crippen LogP contribution is -2.62. The van der Waals surface area contributed by atoms with Crippen molar-refractivity contribution < 1.29 is 19.5 Å². The first-order valence-corrected chi connectivity index (χ1v) is 8.82. The molecule has 7 nitrogen and oxygen atoms in total. The molecule has 0 amide bonds. The van der Waals surface area contributed by atoms with E-state index in [9.17, 15) is 15.2 Å². The fourth-order valence-electron chi connectivity index (χ4n) is 4.25. The largest absolute Gasteiger partial charge is 0.392 e. The Morgan fingerprint density at radius 3 is 2.68 bits per heavy atom. The lowest BCUT2D eigenvalue weighted by Gasteiger charge is -2.57. The summed E-state index contributed by atoms with van der Waals surface area (Å²) < 4.78 is 11.0. The standard InChI is InChI=1S/C18H26N2O5/c1-3-25-17-11-16(21)18(17)6-8-19(9-7-18)15-5-4-14(20(22)23)10-13(15)12-24-2/h4-5,10,16-17,21H,3,6-9,11-12H2,1-2H3. The summed E-state index contributed by atoms with van der Waals surface area (Å²) in [4.78, 5) is 12.9. The van der Waals surface area contributed by atoms with Crippen molar-refractivity contribution in [3.63, 3.8) is 0 Å². The van der Waals surface area contributed by atoms with Crippen molar-refractivity contribution in [3.8, 4) is 0 Å². The number of benzene rings is 1. The van der Waals surface area contributed by atoms with E-state index in [4.69, 9.17) is 9.47 Å². The molecule has 1 spiro atoms. The number of rotatable bonds is 6. The summed E-state index contributed by atoms with van der Waals surface area (Å²) in [5.41, 5.74) is 1.75. The van der Waals surface area contributed by atoms with Crippen LogP contribution in [-0.4, -0.2) is 49.0 Å². The fourth-order valence-corrected chi connectivity index (χ4v) is 4.25. The van der Waals surface area contributed by atoms with Crippen LogP contribution in [-0.2, 0) is 16.1 Å². The van der Waals surface area contributed by atoms with E-state index in [1.807, 2.05) is 13.0 Å². The van der Waals surface area contributed by atoms with Crippen LogP contribution in [0.1, 0.15) is 31.7 Å². The minimum Gasteiger partial charge on any atom is -0.392 e. The molecule has 2 atom stereocenters. The molecule has 2 aliphatic rings. The third kappa shape index (κ3) is 3.23. The summed E-state index contributed by atoms with van der Waals surface area (Å²) in [6.07, 6.45) is 2.30. The SMILES string of the molecule is CCOC1CC(O)C12CCN(c1ccc([N+](=O)[O-])cc1COC)CC2. The zero-order valence-corrected chi connectivity index (χ0v) is 14.8. The number of non-ortho nitro benzene ring substituents is 1. The van der Waals surface area contributed by atoms with Gasteiger partial charge in [0.15, 0.2) is 0 Å². The van der Waals surface area contributed by atoms with Gasteiger partial charge in [0.05, 0.1) is 23.7 Å². The predicted molar refractivity (Wildman–Crippen MR) is 93.7 cm³/mol. The molecule has 1 aromatic carbocycles. The van der Waals surface area contributed by atoms with Gasteiger partial charge in [-0.2, -0.15) is 0 Å². The van der Waals surface area contributed by atoms with E-state index >= 15 is 0 Å². The highest BCUT2D eigenvalue weighted by Gasteiger charge is 2.56. The van der Waals surface area contributed by atoms with Crippen molar-refractivity contribution in [2.45, 2.75) is 45.0 Å². The van der Waals surface area contributed by atoms with Crippen molar-refractivity contribution in [2.24, 2.45) is 5.41 Å². The molecule has 1 heterocycles. The summed E-state index contributed by atoms with van der Waals surface area (Å²) in [6.45, 7) is 4.60. The number of hydrogen-bond acceptors (Lipinski definition) is 6. The van der Waals surface area contributed by atoms with Crippen LogP contribution >= 0.6 is 0 Å². The highest BCUT2D eigenvalue weighted by atomic mass is 16.6. The molecule has 1 saturated carbocycles. The maximum Gasteiger partial charge on any atom is 0.269 e. The number of nitrogens with zero attached hydrogens (tertiary/aromatic N) is 2. The number of hydrogen-bond donors (Lipinski definition) is 1. The number of nitro benzene ring substituents is 1. The van der Waals surface area contributed by atoms with Crippen molar-refractivity contribution in [1.82, 2.24) is 0 Å². The number of ether oxygens (including phenoxy) is 2. The Morgan fingerprint density at radius 2 is 2.12 bits per heavy atom. The summed E-state index contributed by atoms with van der Waals surface area (Å²) in [7, 11) is 1.59. The molecule has 1 aromatic rings. The van der Waals surface area contributed by atoms with Crippen LogP contribution in [0.15, 0.2) is 18.2 Å². The maximum absolute atomic E-state index is 11.0. The first-order valence-electron chi connectivity index (χ1n) is 8.82. The van der Waals surface area contributed by atoms with Crippen molar-refractivity contribution in [2.75, 3.05) is 31.7 Å². The van der Waals surface area contributed by atoms with Gasteiger partial charge >= 0.3 is 0 Å².